The molecule has 0 unspecified atom stereocenters. The molecular formula is C63H43N5. The maximum absolute atomic E-state index is 5.03. The number of aromatic nitrogens is 4. The van der Waals surface area contributed by atoms with E-state index in [1.54, 1.807) is 0 Å². The van der Waals surface area contributed by atoms with Crippen LogP contribution in [-0.4, -0.2) is 19.5 Å². The van der Waals surface area contributed by atoms with E-state index in [0.717, 1.165) is 56.1 Å². The van der Waals surface area contributed by atoms with Gasteiger partial charge >= 0.3 is 0 Å². The molecule has 2 aromatic heterocycles. The van der Waals surface area contributed by atoms with Crippen molar-refractivity contribution in [3.8, 4) is 73.2 Å². The fraction of sp³-hybridized carbons (Fsp3) is 0. The molecule has 0 aliphatic rings. The highest BCUT2D eigenvalue weighted by Gasteiger charge is 2.18. The van der Waals surface area contributed by atoms with Gasteiger partial charge in [-0.15, -0.1) is 0 Å². The Hall–Kier alpha value is -9.19. The molecule has 10 aromatic carbocycles. The normalized spacial score (nSPS) is 11.2. The Morgan fingerprint density at radius 2 is 0.662 bits per heavy atom. The van der Waals surface area contributed by atoms with Crippen molar-refractivity contribution in [2.45, 2.75) is 0 Å². The summed E-state index contributed by atoms with van der Waals surface area (Å²) in [4.78, 5) is 17.3. The zero-order valence-corrected chi connectivity index (χ0v) is 37.1. The Balaban J connectivity index is 0.925. The molecule has 0 N–H and O–H groups in total. The average molecular weight is 870 g/mol. The molecule has 0 saturated carbocycles. The van der Waals surface area contributed by atoms with Crippen LogP contribution in [0, 0.1) is 0 Å². The Labute approximate surface area is 395 Å². The van der Waals surface area contributed by atoms with Gasteiger partial charge in [-0.2, -0.15) is 0 Å². The number of para-hydroxylation sites is 2. The molecule has 0 radical (unpaired) electrons. The van der Waals surface area contributed by atoms with Crippen LogP contribution in [0.15, 0.2) is 261 Å². The maximum Gasteiger partial charge on any atom is 0.164 e. The van der Waals surface area contributed by atoms with Gasteiger partial charge in [0.2, 0.25) is 0 Å². The molecule has 2 heterocycles. The van der Waals surface area contributed by atoms with Gasteiger partial charge in [-0.05, 0) is 106 Å². The zero-order chi connectivity index (χ0) is 45.2. The van der Waals surface area contributed by atoms with Gasteiger partial charge in [0.1, 0.15) is 0 Å². The molecule has 12 rings (SSSR count). The van der Waals surface area contributed by atoms with Crippen LogP contribution in [0.25, 0.3) is 95.0 Å². The van der Waals surface area contributed by atoms with Crippen LogP contribution < -0.4 is 4.90 Å². The minimum absolute atomic E-state index is 0.622. The number of hydrogen-bond acceptors (Lipinski definition) is 4. The van der Waals surface area contributed by atoms with E-state index in [-0.39, 0.29) is 0 Å². The van der Waals surface area contributed by atoms with E-state index in [9.17, 15) is 0 Å². The van der Waals surface area contributed by atoms with Crippen molar-refractivity contribution in [1.82, 2.24) is 19.5 Å². The van der Waals surface area contributed by atoms with E-state index < -0.39 is 0 Å². The van der Waals surface area contributed by atoms with Crippen LogP contribution in [0.3, 0.4) is 0 Å². The highest BCUT2D eigenvalue weighted by molar-refractivity contribution is 6.10. The molecule has 12 aromatic rings. The Bertz CT molecular complexity index is 3640. The molecule has 0 atom stereocenters. The first-order chi connectivity index (χ1) is 33.7. The third kappa shape index (κ3) is 7.78. The first kappa shape index (κ1) is 40.3. The smallest absolute Gasteiger partial charge is 0.164 e. The lowest BCUT2D eigenvalue weighted by Crippen LogP contribution is -2.10. The van der Waals surface area contributed by atoms with E-state index in [1.165, 1.54) is 38.5 Å². The van der Waals surface area contributed by atoms with Crippen LogP contribution in [-0.2, 0) is 0 Å². The number of benzene rings is 10. The van der Waals surface area contributed by atoms with Gasteiger partial charge in [-0.1, -0.05) is 188 Å². The van der Waals surface area contributed by atoms with Crippen molar-refractivity contribution in [1.29, 1.82) is 0 Å². The van der Waals surface area contributed by atoms with Crippen molar-refractivity contribution < 1.29 is 0 Å². The van der Waals surface area contributed by atoms with Gasteiger partial charge in [-0.3, -0.25) is 0 Å². The molecular weight excluding hydrogens is 827 g/mol. The summed E-state index contributed by atoms with van der Waals surface area (Å²) in [5, 5.41) is 2.47. The van der Waals surface area contributed by atoms with Gasteiger partial charge in [0.25, 0.3) is 0 Å². The summed E-state index contributed by atoms with van der Waals surface area (Å²) in [5.74, 6) is 1.90. The predicted octanol–water partition coefficient (Wildman–Crippen LogP) is 16.4. The molecule has 68 heavy (non-hydrogen) atoms. The molecule has 5 nitrogen and oxygen atoms in total. The molecule has 0 aliphatic heterocycles. The quantitative estimate of drug-likeness (QED) is 0.137. The van der Waals surface area contributed by atoms with Gasteiger partial charge in [0.15, 0.2) is 17.5 Å². The number of hydrogen-bond donors (Lipinski definition) is 0. The van der Waals surface area contributed by atoms with E-state index in [1.807, 2.05) is 60.7 Å². The third-order valence-corrected chi connectivity index (χ3v) is 12.6. The maximum atomic E-state index is 5.03. The number of nitrogens with zero attached hydrogens (tertiary/aromatic N) is 5. The minimum atomic E-state index is 0.622. The molecule has 0 bridgehead atoms. The number of anilines is 3. The second-order valence-corrected chi connectivity index (χ2v) is 16.9. The Kier molecular flexibility index (Phi) is 10.5. The summed E-state index contributed by atoms with van der Waals surface area (Å²) in [6.45, 7) is 0. The summed E-state index contributed by atoms with van der Waals surface area (Å²) in [6, 6.07) is 92.0. The lowest BCUT2D eigenvalue weighted by Gasteiger charge is -2.26. The van der Waals surface area contributed by atoms with Crippen LogP contribution in [0.4, 0.5) is 17.1 Å². The summed E-state index contributed by atoms with van der Waals surface area (Å²) in [7, 11) is 0. The monoisotopic (exact) mass is 869 g/mol. The lowest BCUT2D eigenvalue weighted by molar-refractivity contribution is 1.07. The number of rotatable bonds is 10. The highest BCUT2D eigenvalue weighted by atomic mass is 15.1. The van der Waals surface area contributed by atoms with E-state index in [0.29, 0.717) is 17.5 Å². The summed E-state index contributed by atoms with van der Waals surface area (Å²) < 4.78 is 2.36. The molecule has 5 heteroatoms. The van der Waals surface area contributed by atoms with Crippen molar-refractivity contribution in [2.24, 2.45) is 0 Å². The minimum Gasteiger partial charge on any atom is -0.310 e. The van der Waals surface area contributed by atoms with Crippen LogP contribution >= 0.6 is 0 Å². The molecule has 320 valence electrons. The van der Waals surface area contributed by atoms with E-state index in [4.69, 9.17) is 15.0 Å². The Morgan fingerprint density at radius 1 is 0.250 bits per heavy atom. The van der Waals surface area contributed by atoms with Crippen LogP contribution in [0.2, 0.25) is 0 Å². The summed E-state index contributed by atoms with van der Waals surface area (Å²) >= 11 is 0. The summed E-state index contributed by atoms with van der Waals surface area (Å²) in [6.07, 6.45) is 0. The standard InChI is InChI=1S/C63H43N5/c1-5-17-44(18-6-1)45-31-36-54(37-32-45)67(55-38-33-46(34-39-55)51-35-40-60-58(43-51)57-29-13-14-30-59(57)68(60)53-26-11-4-12-27-53)56-28-16-24-50(42-56)49-23-15-25-52(41-49)63-65-61(47-19-7-2-8-20-47)64-62(66-63)48-21-9-3-10-22-48/h1-43H. The average Bonchev–Trinajstić information content (AvgIpc) is 3.76. The topological polar surface area (TPSA) is 46.8 Å². The first-order valence-corrected chi connectivity index (χ1v) is 22.9. The highest BCUT2D eigenvalue weighted by Crippen LogP contribution is 2.40. The van der Waals surface area contributed by atoms with Crippen LogP contribution in [0.5, 0.6) is 0 Å². The molecule has 0 amide bonds. The number of fused-ring (bicyclic) bond motifs is 3. The second kappa shape index (κ2) is 17.7. The molecule has 0 fully saturated rings. The van der Waals surface area contributed by atoms with Crippen LogP contribution in [0.1, 0.15) is 0 Å². The van der Waals surface area contributed by atoms with Gasteiger partial charge in [0, 0.05) is 50.2 Å². The van der Waals surface area contributed by atoms with Crippen molar-refractivity contribution in [3.63, 3.8) is 0 Å². The third-order valence-electron chi connectivity index (χ3n) is 12.6. The Morgan fingerprint density at radius 3 is 1.28 bits per heavy atom. The first-order valence-electron chi connectivity index (χ1n) is 22.9. The van der Waals surface area contributed by atoms with Crippen molar-refractivity contribution in [3.05, 3.63) is 261 Å². The fourth-order valence-electron chi connectivity index (χ4n) is 9.29. The molecule has 0 spiro atoms. The van der Waals surface area contributed by atoms with Gasteiger partial charge in [0.05, 0.1) is 11.0 Å². The molecule has 0 saturated heterocycles. The largest absolute Gasteiger partial charge is 0.310 e. The SMILES string of the molecule is c1ccc(-c2ccc(N(c3ccc(-c4ccc5c(c4)c4ccccc4n5-c4ccccc4)cc3)c3cccc(-c4cccc(-c5nc(-c6ccccc6)nc(-c6ccccc6)n5)c4)c3)cc2)cc1. The van der Waals surface area contributed by atoms with E-state index in [2.05, 4.69) is 210 Å². The lowest BCUT2D eigenvalue weighted by atomic mass is 10.0. The van der Waals surface area contributed by atoms with Crippen molar-refractivity contribution in [2.75, 3.05) is 4.90 Å². The van der Waals surface area contributed by atoms with Gasteiger partial charge < -0.3 is 9.47 Å². The van der Waals surface area contributed by atoms with Crippen molar-refractivity contribution >= 4 is 38.9 Å². The predicted molar refractivity (Wildman–Crippen MR) is 281 cm³/mol. The van der Waals surface area contributed by atoms with E-state index >= 15 is 0 Å². The van der Waals surface area contributed by atoms with Gasteiger partial charge in [-0.25, -0.2) is 15.0 Å². The second-order valence-electron chi connectivity index (χ2n) is 16.9. The summed E-state index contributed by atoms with van der Waals surface area (Å²) in [5.41, 5.74) is 16.3. The zero-order valence-electron chi connectivity index (χ0n) is 37.1. The molecule has 0 aliphatic carbocycles. The fourth-order valence-corrected chi connectivity index (χ4v) is 9.29.